The lowest BCUT2D eigenvalue weighted by molar-refractivity contribution is -0.0771. The van der Waals surface area contributed by atoms with Crippen molar-refractivity contribution >= 4 is 18.2 Å². The molecule has 0 spiro atoms. The van der Waals surface area contributed by atoms with Gasteiger partial charge in [0, 0.05) is 21.3 Å². The highest BCUT2D eigenvalue weighted by molar-refractivity contribution is 8.55. The first-order chi connectivity index (χ1) is 7.86. The molecule has 0 N–H and O–H groups in total. The first-order valence-electron chi connectivity index (χ1n) is 5.10. The van der Waals surface area contributed by atoms with Crippen molar-refractivity contribution in [1.29, 1.82) is 0 Å². The highest BCUT2D eigenvalue weighted by Gasteiger charge is 2.33. The molecule has 0 rings (SSSR count). The van der Waals surface area contributed by atoms with Crippen LogP contribution >= 0.6 is 18.2 Å². The van der Waals surface area contributed by atoms with Gasteiger partial charge < -0.3 is 14.2 Å². The quantitative estimate of drug-likeness (QED) is 0.477. The Labute approximate surface area is 107 Å². The van der Waals surface area contributed by atoms with Crippen LogP contribution in [0.2, 0.25) is 0 Å². The number of hydrogen-bond acceptors (Lipinski definition) is 7. The molecule has 0 aromatic heterocycles. The zero-order chi connectivity index (χ0) is 13.5. The highest BCUT2D eigenvalue weighted by atomic mass is 32.7. The van der Waals surface area contributed by atoms with E-state index in [1.165, 1.54) is 21.3 Å². The van der Waals surface area contributed by atoms with E-state index in [-0.39, 0.29) is 5.44 Å². The van der Waals surface area contributed by atoms with Crippen molar-refractivity contribution in [2.45, 2.75) is 38.8 Å². The van der Waals surface area contributed by atoms with E-state index < -0.39 is 19.4 Å². The lowest BCUT2D eigenvalue weighted by atomic mass is 10.8. The van der Waals surface area contributed by atoms with E-state index >= 15 is 0 Å². The van der Waals surface area contributed by atoms with E-state index in [0.29, 0.717) is 0 Å². The minimum Gasteiger partial charge on any atom is -0.371 e. The van der Waals surface area contributed by atoms with Crippen molar-refractivity contribution in [3.8, 4) is 0 Å². The molecule has 104 valence electrons. The average Bonchev–Trinajstić information content (AvgIpc) is 2.27. The van der Waals surface area contributed by atoms with Crippen LogP contribution in [-0.4, -0.2) is 39.3 Å². The molecular weight excluding hydrogens is 267 g/mol. The molecule has 0 heterocycles. The molecule has 0 saturated carbocycles. The number of rotatable bonds is 9. The zero-order valence-corrected chi connectivity index (χ0v) is 12.7. The van der Waals surface area contributed by atoms with Gasteiger partial charge in [-0.2, -0.15) is 0 Å². The van der Waals surface area contributed by atoms with Crippen LogP contribution in [0.25, 0.3) is 0 Å². The maximum absolute atomic E-state index is 12.4. The summed E-state index contributed by atoms with van der Waals surface area (Å²) in [6.45, 7) is 1.61. The third-order valence-electron chi connectivity index (χ3n) is 1.83. The van der Waals surface area contributed by atoms with Crippen molar-refractivity contribution in [2.75, 3.05) is 21.3 Å². The summed E-state index contributed by atoms with van der Waals surface area (Å²) in [5.74, 6) is 0. The molecule has 0 aromatic rings. The third kappa shape index (κ3) is 7.41. The molecule has 0 radical (unpaired) electrons. The van der Waals surface area contributed by atoms with Gasteiger partial charge in [-0.15, -0.1) is 0 Å². The van der Waals surface area contributed by atoms with Crippen molar-refractivity contribution in [1.82, 2.24) is 0 Å². The molecule has 0 saturated heterocycles. The van der Waals surface area contributed by atoms with Crippen LogP contribution in [0.15, 0.2) is 0 Å². The Bertz CT molecular complexity index is 214. The summed E-state index contributed by atoms with van der Waals surface area (Å²) in [4.78, 5) is 0. The topological polar surface area (TPSA) is 63.2 Å². The first kappa shape index (κ1) is 17.4. The minimum atomic E-state index is -3.40. The summed E-state index contributed by atoms with van der Waals surface area (Å²) in [5.41, 5.74) is -0.325. The first-order valence-corrected chi connectivity index (χ1v) is 8.13. The van der Waals surface area contributed by atoms with Crippen molar-refractivity contribution in [2.24, 2.45) is 0 Å². The van der Waals surface area contributed by atoms with E-state index in [0.717, 1.165) is 11.4 Å². The second kappa shape index (κ2) is 8.48. The molecule has 0 aliphatic carbocycles. The maximum Gasteiger partial charge on any atom is 0.396 e. The molecule has 6 nitrogen and oxygen atoms in total. The smallest absolute Gasteiger partial charge is 0.371 e. The summed E-state index contributed by atoms with van der Waals surface area (Å²) >= 11 is 0.963. The predicted octanol–water partition coefficient (Wildman–Crippen LogP) is 2.84. The van der Waals surface area contributed by atoms with Crippen molar-refractivity contribution in [3.63, 3.8) is 0 Å². The van der Waals surface area contributed by atoms with Gasteiger partial charge in [0.05, 0.1) is 0 Å². The molecule has 17 heavy (non-hydrogen) atoms. The van der Waals surface area contributed by atoms with E-state index in [1.807, 2.05) is 0 Å². The molecule has 3 atom stereocenters. The van der Waals surface area contributed by atoms with Gasteiger partial charge in [0.15, 0.2) is 12.6 Å². The molecule has 0 aliphatic heterocycles. The number of methoxy groups -OCH3 is 3. The van der Waals surface area contributed by atoms with E-state index in [4.69, 9.17) is 23.3 Å². The lowest BCUT2D eigenvalue weighted by Gasteiger charge is -2.24. The Morgan fingerprint density at radius 1 is 0.882 bits per heavy atom. The Kier molecular flexibility index (Phi) is 8.67. The lowest BCUT2D eigenvalue weighted by Crippen LogP contribution is -2.15. The fraction of sp³-hybridized carbons (Fsp3) is 1.00. The third-order valence-corrected chi connectivity index (χ3v) is 5.87. The molecule has 0 amide bonds. The summed E-state index contributed by atoms with van der Waals surface area (Å²) in [6.07, 6.45) is -1.28. The van der Waals surface area contributed by atoms with Crippen LogP contribution in [0.1, 0.15) is 20.8 Å². The normalized spacial score (nSPS) is 20.6. The molecule has 0 aromatic carbocycles. The van der Waals surface area contributed by atoms with Crippen LogP contribution in [0.3, 0.4) is 0 Å². The Morgan fingerprint density at radius 2 is 1.29 bits per heavy atom. The fourth-order valence-electron chi connectivity index (χ4n) is 0.749. The summed E-state index contributed by atoms with van der Waals surface area (Å²) in [5, 5.41) is 0. The summed E-state index contributed by atoms with van der Waals surface area (Å²) < 4.78 is 37.7. The Hall–Kier alpha value is 0.380. The van der Waals surface area contributed by atoms with Crippen molar-refractivity contribution < 1.29 is 27.8 Å². The van der Waals surface area contributed by atoms with Gasteiger partial charge in [-0.05, 0) is 32.2 Å². The molecule has 0 aliphatic rings. The zero-order valence-electron chi connectivity index (χ0n) is 11.0. The van der Waals surface area contributed by atoms with Crippen LogP contribution in [0.4, 0.5) is 0 Å². The molecule has 0 fully saturated rings. The molecule has 3 unspecified atom stereocenters. The fourth-order valence-corrected chi connectivity index (χ4v) is 4.62. The van der Waals surface area contributed by atoms with Crippen molar-refractivity contribution in [3.05, 3.63) is 0 Å². The minimum absolute atomic E-state index is 0.325. The van der Waals surface area contributed by atoms with Crippen LogP contribution in [0, 0.1) is 0 Å². The number of ether oxygens (including phenoxy) is 3. The summed E-state index contributed by atoms with van der Waals surface area (Å²) in [6, 6.07) is 0. The van der Waals surface area contributed by atoms with Crippen LogP contribution in [-0.2, 0) is 27.8 Å². The van der Waals surface area contributed by atoms with Gasteiger partial charge >= 0.3 is 6.80 Å². The molecule has 8 heteroatoms. The largest absolute Gasteiger partial charge is 0.396 e. The maximum atomic E-state index is 12.4. The number of hydrogen-bond donors (Lipinski definition) is 0. The van der Waals surface area contributed by atoms with E-state index in [2.05, 4.69) is 0 Å². The Balaban J connectivity index is 4.62. The molecular formula is C9H21O6PS. The second-order valence-electron chi connectivity index (χ2n) is 3.17. The standard InChI is InChI=1S/C9H21O6PS/c1-7(11-4)14-16(10,15-8(2)12-5)17-9(3)13-6/h7-9H,1-6H3. The average molecular weight is 288 g/mol. The van der Waals surface area contributed by atoms with Gasteiger partial charge in [-0.3, -0.25) is 9.05 Å². The van der Waals surface area contributed by atoms with Crippen LogP contribution < -0.4 is 0 Å². The van der Waals surface area contributed by atoms with E-state index in [1.54, 1.807) is 20.8 Å². The molecule has 0 bridgehead atoms. The second-order valence-corrected chi connectivity index (χ2v) is 7.34. The SMILES string of the molecule is COC(C)OP(=O)(OC(C)OC)SC(C)OC. The van der Waals surface area contributed by atoms with Crippen LogP contribution in [0.5, 0.6) is 0 Å². The van der Waals surface area contributed by atoms with Gasteiger partial charge in [-0.25, -0.2) is 4.57 Å². The Morgan fingerprint density at radius 3 is 1.59 bits per heavy atom. The van der Waals surface area contributed by atoms with E-state index in [9.17, 15) is 4.57 Å². The highest BCUT2D eigenvalue weighted by Crippen LogP contribution is 2.63. The predicted molar refractivity (Wildman–Crippen MR) is 66.8 cm³/mol. The van der Waals surface area contributed by atoms with Gasteiger partial charge in [-0.1, -0.05) is 0 Å². The van der Waals surface area contributed by atoms with Gasteiger partial charge in [0.25, 0.3) is 0 Å². The monoisotopic (exact) mass is 288 g/mol. The summed E-state index contributed by atoms with van der Waals surface area (Å²) in [7, 11) is 4.43. The van der Waals surface area contributed by atoms with Gasteiger partial charge in [0.1, 0.15) is 5.44 Å². The van der Waals surface area contributed by atoms with Gasteiger partial charge in [0.2, 0.25) is 0 Å².